The van der Waals surface area contributed by atoms with Crippen molar-refractivity contribution in [2.24, 2.45) is 11.5 Å². The second-order valence-electron chi connectivity index (χ2n) is 25.8. The normalized spacial score (nSPS) is 16.7. The number of thiophene rings is 2. The molecule has 26 heteroatoms. The molecule has 12 rings (SSSR count). The number of benzene rings is 4. The zero-order valence-corrected chi connectivity index (χ0v) is 58.0. The van der Waals surface area contributed by atoms with E-state index in [4.69, 9.17) is 16.6 Å². The molecular weight excluding hydrogens is 1310 g/mol. The first-order chi connectivity index (χ1) is 46.5. The van der Waals surface area contributed by atoms with Crippen LogP contribution in [0.15, 0.2) is 131 Å². The fraction of sp³-hybridized carbons (Fsp3) is 0.389. The predicted octanol–water partition coefficient (Wildman–Crippen LogP) is 8.10. The molecule has 2 unspecified atom stereocenters. The SMILES string of the molecule is CC(C)(N)C(=O)N[C@H](Cc1cn(CCF)c2ccccc12)C(=O)NC1Cc2cccc(N3CCCC3=O)c2N(Cc2ccsc2)C1=O.CC(C)(N)C(=O)N[C@H](Cc1cn(CCF)c2ccccc12)C(=O)NC1Cc2cccc(N3CCCC3=O)c2N(Cc2ccsc2)C1=O.CCO.Cl. The number of nitrogens with two attached hydrogens (primary N) is 2. The Morgan fingerprint density at radius 1 is 0.592 bits per heavy atom. The van der Waals surface area contributed by atoms with Gasteiger partial charge in [-0.2, -0.15) is 22.7 Å². The molecule has 8 heterocycles. The van der Waals surface area contributed by atoms with E-state index >= 15 is 0 Å². The van der Waals surface area contributed by atoms with Crippen LogP contribution < -0.4 is 52.3 Å². The molecule has 4 atom stereocenters. The molecule has 2 saturated heterocycles. The quantitative estimate of drug-likeness (QED) is 0.0340. The van der Waals surface area contributed by atoms with Gasteiger partial charge in [-0.3, -0.25) is 38.4 Å². The van der Waals surface area contributed by atoms with Gasteiger partial charge in [-0.15, -0.1) is 12.4 Å². The first-order valence-corrected chi connectivity index (χ1v) is 34.6. The maximum atomic E-state index is 14.3. The zero-order chi connectivity index (χ0) is 69.3. The van der Waals surface area contributed by atoms with Gasteiger partial charge in [0.15, 0.2) is 0 Å². The summed E-state index contributed by atoms with van der Waals surface area (Å²) in [6.45, 7) is 9.05. The van der Waals surface area contributed by atoms with Crippen molar-refractivity contribution in [3.05, 3.63) is 164 Å². The number of aliphatic hydroxyl groups is 1. The van der Waals surface area contributed by atoms with Crippen molar-refractivity contribution in [2.75, 3.05) is 52.6 Å². The van der Waals surface area contributed by atoms with Crippen LogP contribution in [0.2, 0.25) is 0 Å². The highest BCUT2D eigenvalue weighted by atomic mass is 35.5. The minimum absolute atomic E-state index is 0. The van der Waals surface area contributed by atoms with E-state index in [-0.39, 0.29) is 94.5 Å². The molecule has 0 aliphatic carbocycles. The summed E-state index contributed by atoms with van der Waals surface area (Å²) in [5.41, 5.74) is 19.1. The fourth-order valence-corrected chi connectivity index (χ4v) is 14.2. The van der Waals surface area contributed by atoms with E-state index in [1.54, 1.807) is 75.7 Å². The van der Waals surface area contributed by atoms with Gasteiger partial charge in [0.25, 0.3) is 0 Å². The number of amides is 8. The van der Waals surface area contributed by atoms with Crippen molar-refractivity contribution >= 4 is 127 Å². The molecule has 9 N–H and O–H groups in total. The predicted molar refractivity (Wildman–Crippen MR) is 382 cm³/mol. The number of nitrogens with zero attached hydrogens (tertiary/aromatic N) is 6. The molecule has 4 aromatic carbocycles. The molecule has 0 radical (unpaired) electrons. The van der Waals surface area contributed by atoms with Gasteiger partial charge >= 0.3 is 0 Å². The number of halogens is 3. The van der Waals surface area contributed by atoms with Crippen molar-refractivity contribution in [1.82, 2.24) is 30.4 Å². The summed E-state index contributed by atoms with van der Waals surface area (Å²) >= 11 is 3.05. The Bertz CT molecular complexity index is 3920. The van der Waals surface area contributed by atoms with Gasteiger partial charge in [0.1, 0.15) is 37.5 Å². The highest BCUT2D eigenvalue weighted by molar-refractivity contribution is 7.08. The van der Waals surface area contributed by atoms with E-state index in [2.05, 4.69) is 21.3 Å². The lowest BCUT2D eigenvalue weighted by Crippen LogP contribution is -2.60. The summed E-state index contributed by atoms with van der Waals surface area (Å²) < 4.78 is 30.4. The summed E-state index contributed by atoms with van der Waals surface area (Å²) in [5.74, 6) is -2.69. The van der Waals surface area contributed by atoms with Crippen LogP contribution in [0.25, 0.3) is 21.8 Å². The summed E-state index contributed by atoms with van der Waals surface area (Å²) in [7, 11) is 0. The smallest absolute Gasteiger partial charge is 0.250 e. The first kappa shape index (κ1) is 73.4. The molecule has 8 aromatic rings. The molecule has 0 saturated carbocycles. The average molecular weight is 1400 g/mol. The Morgan fingerprint density at radius 2 is 0.980 bits per heavy atom. The van der Waals surface area contributed by atoms with Gasteiger partial charge in [0.05, 0.1) is 60.0 Å². The lowest BCUT2D eigenvalue weighted by molar-refractivity contribution is -0.133. The van der Waals surface area contributed by atoms with Gasteiger partial charge in [-0.05, 0) is 139 Å². The summed E-state index contributed by atoms with van der Waals surface area (Å²) in [5, 5.41) is 28.6. The van der Waals surface area contributed by atoms with Crippen LogP contribution in [-0.4, -0.2) is 130 Å². The topological polar surface area (TPSA) is 280 Å². The number of hydrogen-bond acceptors (Lipinski definition) is 13. The highest BCUT2D eigenvalue weighted by Crippen LogP contribution is 2.42. The number of hydrogen-bond donors (Lipinski definition) is 7. The Kier molecular flexibility index (Phi) is 24.1. The fourth-order valence-electron chi connectivity index (χ4n) is 12.8. The maximum absolute atomic E-state index is 14.3. The zero-order valence-electron chi connectivity index (χ0n) is 55.6. The monoisotopic (exact) mass is 1400 g/mol. The third-order valence-corrected chi connectivity index (χ3v) is 19.0. The van der Waals surface area contributed by atoms with Crippen molar-refractivity contribution in [2.45, 2.75) is 147 Å². The van der Waals surface area contributed by atoms with Gasteiger partial charge in [0, 0.05) is 92.4 Å². The van der Waals surface area contributed by atoms with Crippen LogP contribution in [0.3, 0.4) is 0 Å². The number of aliphatic hydroxyl groups excluding tert-OH is 1. The van der Waals surface area contributed by atoms with Gasteiger partial charge in [0.2, 0.25) is 47.3 Å². The second kappa shape index (κ2) is 32.2. The number of para-hydroxylation sites is 4. The van der Waals surface area contributed by atoms with Crippen LogP contribution in [0.1, 0.15) is 93.7 Å². The number of aromatic nitrogens is 2. The van der Waals surface area contributed by atoms with Crippen LogP contribution in [0.5, 0.6) is 0 Å². The minimum Gasteiger partial charge on any atom is -0.397 e. The first-order valence-electron chi connectivity index (χ1n) is 32.7. The van der Waals surface area contributed by atoms with Crippen LogP contribution in [-0.2, 0) is 90.2 Å². The number of rotatable bonds is 22. The van der Waals surface area contributed by atoms with E-state index in [1.807, 2.05) is 119 Å². The Hall–Kier alpha value is -8.85. The minimum atomic E-state index is -1.26. The molecule has 2 fully saturated rings. The Balaban J connectivity index is 0.000000218. The maximum Gasteiger partial charge on any atom is 0.250 e. The van der Waals surface area contributed by atoms with Gasteiger partial charge in [-0.1, -0.05) is 60.7 Å². The number of aryl methyl sites for hydroxylation is 2. The van der Waals surface area contributed by atoms with Crippen LogP contribution in [0, 0.1) is 0 Å². The molecule has 98 heavy (non-hydrogen) atoms. The summed E-state index contributed by atoms with van der Waals surface area (Å²) in [4.78, 5) is 115. The number of carbonyl (C=O) groups excluding carboxylic acids is 8. The van der Waals surface area contributed by atoms with Gasteiger partial charge in [-0.25, -0.2) is 8.78 Å². The number of alkyl halides is 2. The lowest BCUT2D eigenvalue weighted by atomic mass is 9.94. The second-order valence-corrected chi connectivity index (χ2v) is 27.4. The van der Waals surface area contributed by atoms with E-state index in [0.717, 1.165) is 68.0 Å². The molecule has 8 amide bonds. The van der Waals surface area contributed by atoms with Gasteiger partial charge < -0.3 is 66.6 Å². The van der Waals surface area contributed by atoms with E-state index in [9.17, 15) is 47.1 Å². The van der Waals surface area contributed by atoms with E-state index < -0.39 is 72.2 Å². The van der Waals surface area contributed by atoms with Crippen LogP contribution in [0.4, 0.5) is 31.5 Å². The molecule has 4 aliphatic rings. The number of fused-ring (bicyclic) bond motifs is 4. The molecule has 4 aliphatic heterocycles. The van der Waals surface area contributed by atoms with Crippen molar-refractivity contribution in [3.8, 4) is 0 Å². The number of nitrogens with one attached hydrogen (secondary N) is 4. The molecule has 21 nitrogen and oxygen atoms in total. The Labute approximate surface area is 582 Å². The van der Waals surface area contributed by atoms with Crippen molar-refractivity contribution in [3.63, 3.8) is 0 Å². The lowest BCUT2D eigenvalue weighted by Gasteiger charge is -2.37. The molecular formula is C72H85ClF2N12O9S2. The molecule has 520 valence electrons. The third-order valence-electron chi connectivity index (χ3n) is 17.6. The molecule has 0 spiro atoms. The Morgan fingerprint density at radius 3 is 1.32 bits per heavy atom. The largest absolute Gasteiger partial charge is 0.397 e. The third kappa shape index (κ3) is 16.6. The van der Waals surface area contributed by atoms with E-state index in [0.29, 0.717) is 48.7 Å². The molecule has 0 bridgehead atoms. The summed E-state index contributed by atoms with van der Waals surface area (Å²) in [6, 6.07) is 26.3. The van der Waals surface area contributed by atoms with Crippen molar-refractivity contribution < 1.29 is 52.2 Å². The number of carbonyl (C=O) groups is 8. The number of anilines is 4. The van der Waals surface area contributed by atoms with Crippen molar-refractivity contribution in [1.29, 1.82) is 0 Å². The summed E-state index contributed by atoms with van der Waals surface area (Å²) in [6.07, 6.45) is 6.66. The molecule has 4 aromatic heterocycles. The van der Waals surface area contributed by atoms with E-state index in [1.165, 1.54) is 22.7 Å². The standard InChI is InChI=1S/2C35H39FN6O4S.C2H6O.ClH/c2*1-35(2,37)34(46)39-26(18-24-20-40(15-13-36)28-9-4-3-8-25(24)28)32(44)38-27-17-23-7-5-10-29(41-14-6-11-30(41)43)31(23)42(33(27)45)19-22-12-16-47-21-22;1-2-3;/h2*3-5,7-10,12,16,20-21,26-27H,6,11,13-15,17-19,37H2,1-2H3,(H,38,44)(H,39,46);3H,2H2,1H3;1H/t2*26-,27?;;/m11../s1. The average Bonchev–Trinajstić information content (AvgIpc) is 1.00. The highest BCUT2D eigenvalue weighted by Gasteiger charge is 2.42. The van der Waals surface area contributed by atoms with Crippen LogP contribution >= 0.6 is 35.1 Å².